The fraction of sp³-hybridized carbons (Fsp3) is 0.200. The number of nitrogens with one attached hydrogen (secondary N) is 1. The van der Waals surface area contributed by atoms with Crippen molar-refractivity contribution in [2.45, 2.75) is 13.3 Å². The molecule has 0 aliphatic rings. The quantitative estimate of drug-likeness (QED) is 0.727. The normalized spacial score (nSPS) is 10.5. The van der Waals surface area contributed by atoms with Gasteiger partial charge in [0, 0.05) is 17.0 Å². The molecule has 0 aliphatic carbocycles. The zero-order valence-electron chi connectivity index (χ0n) is 14.3. The van der Waals surface area contributed by atoms with Crippen molar-refractivity contribution in [3.8, 4) is 16.3 Å². The molecule has 0 atom stereocenters. The van der Waals surface area contributed by atoms with E-state index in [4.69, 9.17) is 4.74 Å². The van der Waals surface area contributed by atoms with Gasteiger partial charge in [-0.3, -0.25) is 4.79 Å². The van der Waals surface area contributed by atoms with E-state index in [0.717, 1.165) is 33.2 Å². The standard InChI is InChI=1S/C20H20N2O2S/c1-14-18(22-20(25-14)16-8-4-3-5-9-16)19(23)21-12-11-15-7-6-10-17(13-15)24-2/h3-10,13H,11-12H2,1-2H3,(H,21,23). The Bertz CT molecular complexity index is 859. The molecule has 5 heteroatoms. The van der Waals surface area contributed by atoms with Gasteiger partial charge in [-0.25, -0.2) is 4.98 Å². The van der Waals surface area contributed by atoms with Gasteiger partial charge in [0.15, 0.2) is 0 Å². The van der Waals surface area contributed by atoms with Crippen LogP contribution in [0, 0.1) is 6.92 Å². The number of amides is 1. The second-order valence-electron chi connectivity index (χ2n) is 5.65. The molecule has 25 heavy (non-hydrogen) atoms. The van der Waals surface area contributed by atoms with Crippen LogP contribution < -0.4 is 10.1 Å². The van der Waals surface area contributed by atoms with Crippen LogP contribution in [0.25, 0.3) is 10.6 Å². The van der Waals surface area contributed by atoms with E-state index in [2.05, 4.69) is 10.3 Å². The lowest BCUT2D eigenvalue weighted by molar-refractivity contribution is 0.0949. The van der Waals surface area contributed by atoms with Crippen molar-refractivity contribution in [2.75, 3.05) is 13.7 Å². The summed E-state index contributed by atoms with van der Waals surface area (Å²) in [6.07, 6.45) is 0.748. The van der Waals surface area contributed by atoms with Crippen LogP contribution >= 0.6 is 11.3 Å². The van der Waals surface area contributed by atoms with Crippen LogP contribution in [0.1, 0.15) is 20.9 Å². The zero-order valence-corrected chi connectivity index (χ0v) is 15.1. The van der Waals surface area contributed by atoms with Crippen molar-refractivity contribution in [1.29, 1.82) is 0 Å². The van der Waals surface area contributed by atoms with Crippen LogP contribution in [0.2, 0.25) is 0 Å². The Morgan fingerprint density at radius 2 is 1.96 bits per heavy atom. The van der Waals surface area contributed by atoms with Gasteiger partial charge in [0.2, 0.25) is 0 Å². The number of hydrogen-bond acceptors (Lipinski definition) is 4. The summed E-state index contributed by atoms with van der Waals surface area (Å²) < 4.78 is 5.22. The third-order valence-corrected chi connectivity index (χ3v) is 4.89. The molecule has 4 nitrogen and oxygen atoms in total. The Hall–Kier alpha value is -2.66. The Morgan fingerprint density at radius 3 is 2.72 bits per heavy atom. The summed E-state index contributed by atoms with van der Waals surface area (Å²) in [5.74, 6) is 0.700. The van der Waals surface area contributed by atoms with E-state index in [1.54, 1.807) is 18.4 Å². The highest BCUT2D eigenvalue weighted by Gasteiger charge is 2.15. The summed E-state index contributed by atoms with van der Waals surface area (Å²) in [4.78, 5) is 17.9. The van der Waals surface area contributed by atoms with Gasteiger partial charge in [0.05, 0.1) is 7.11 Å². The average molecular weight is 352 g/mol. The number of nitrogens with zero attached hydrogens (tertiary/aromatic N) is 1. The largest absolute Gasteiger partial charge is 0.497 e. The smallest absolute Gasteiger partial charge is 0.271 e. The predicted molar refractivity (Wildman–Crippen MR) is 101 cm³/mol. The lowest BCUT2D eigenvalue weighted by atomic mass is 10.1. The molecule has 0 saturated carbocycles. The minimum absolute atomic E-state index is 0.126. The third-order valence-electron chi connectivity index (χ3n) is 3.87. The van der Waals surface area contributed by atoms with Crippen LogP contribution in [-0.4, -0.2) is 24.5 Å². The molecule has 1 N–H and O–H groups in total. The maximum atomic E-state index is 12.4. The van der Waals surface area contributed by atoms with E-state index in [0.29, 0.717) is 12.2 Å². The molecule has 1 amide bonds. The number of thiazole rings is 1. The van der Waals surface area contributed by atoms with Crippen molar-refractivity contribution in [3.63, 3.8) is 0 Å². The fourth-order valence-electron chi connectivity index (χ4n) is 2.54. The van der Waals surface area contributed by atoms with Crippen LogP contribution in [0.4, 0.5) is 0 Å². The molecule has 0 unspecified atom stereocenters. The monoisotopic (exact) mass is 352 g/mol. The molecular formula is C20H20N2O2S. The highest BCUT2D eigenvalue weighted by molar-refractivity contribution is 7.15. The lowest BCUT2D eigenvalue weighted by Crippen LogP contribution is -2.26. The van der Waals surface area contributed by atoms with Crippen molar-refractivity contribution in [1.82, 2.24) is 10.3 Å². The molecule has 1 aromatic heterocycles. The Labute approximate surface area is 151 Å². The summed E-state index contributed by atoms with van der Waals surface area (Å²) in [6, 6.07) is 17.8. The maximum Gasteiger partial charge on any atom is 0.271 e. The van der Waals surface area contributed by atoms with Gasteiger partial charge >= 0.3 is 0 Å². The lowest BCUT2D eigenvalue weighted by Gasteiger charge is -2.06. The topological polar surface area (TPSA) is 51.2 Å². The van der Waals surface area contributed by atoms with Crippen LogP contribution in [-0.2, 0) is 6.42 Å². The fourth-order valence-corrected chi connectivity index (χ4v) is 3.46. The van der Waals surface area contributed by atoms with Gasteiger partial charge in [0.25, 0.3) is 5.91 Å². The van der Waals surface area contributed by atoms with Gasteiger partial charge in [0.1, 0.15) is 16.5 Å². The van der Waals surface area contributed by atoms with Crippen molar-refractivity contribution < 1.29 is 9.53 Å². The van der Waals surface area contributed by atoms with Crippen LogP contribution in [0.5, 0.6) is 5.75 Å². The minimum atomic E-state index is -0.126. The zero-order chi connectivity index (χ0) is 17.6. The molecule has 128 valence electrons. The molecule has 0 spiro atoms. The van der Waals surface area contributed by atoms with Gasteiger partial charge in [-0.05, 0) is 31.0 Å². The average Bonchev–Trinajstić information content (AvgIpc) is 3.04. The number of ether oxygens (including phenoxy) is 1. The Balaban J connectivity index is 1.62. The summed E-state index contributed by atoms with van der Waals surface area (Å²) in [6.45, 7) is 2.49. The molecule has 0 fully saturated rings. The second kappa shape index (κ2) is 7.94. The number of aromatic nitrogens is 1. The van der Waals surface area contributed by atoms with Crippen molar-refractivity contribution >= 4 is 17.2 Å². The number of carbonyl (C=O) groups is 1. The number of benzene rings is 2. The first-order valence-electron chi connectivity index (χ1n) is 8.11. The molecule has 0 radical (unpaired) electrons. The van der Waals surface area contributed by atoms with E-state index >= 15 is 0 Å². The SMILES string of the molecule is COc1cccc(CCNC(=O)c2nc(-c3ccccc3)sc2C)c1. The third kappa shape index (κ3) is 4.25. The number of carbonyl (C=O) groups excluding carboxylic acids is 1. The first kappa shape index (κ1) is 17.2. The molecule has 3 rings (SSSR count). The van der Waals surface area contributed by atoms with Crippen molar-refractivity contribution in [3.05, 3.63) is 70.7 Å². The highest BCUT2D eigenvalue weighted by Crippen LogP contribution is 2.27. The van der Waals surface area contributed by atoms with E-state index in [9.17, 15) is 4.79 Å². The molecule has 1 heterocycles. The van der Waals surface area contributed by atoms with Crippen molar-refractivity contribution in [2.24, 2.45) is 0 Å². The van der Waals surface area contributed by atoms with Crippen LogP contribution in [0.3, 0.4) is 0 Å². The molecule has 3 aromatic rings. The molecule has 2 aromatic carbocycles. The van der Waals surface area contributed by atoms with E-state index in [1.165, 1.54) is 0 Å². The van der Waals surface area contributed by atoms with Gasteiger partial charge in [-0.2, -0.15) is 0 Å². The summed E-state index contributed by atoms with van der Waals surface area (Å²) >= 11 is 1.54. The summed E-state index contributed by atoms with van der Waals surface area (Å²) in [5, 5.41) is 3.83. The maximum absolute atomic E-state index is 12.4. The Kier molecular flexibility index (Phi) is 5.46. The van der Waals surface area contributed by atoms with Gasteiger partial charge < -0.3 is 10.1 Å². The first-order chi connectivity index (χ1) is 12.2. The van der Waals surface area contributed by atoms with E-state index < -0.39 is 0 Å². The molecule has 0 aliphatic heterocycles. The van der Waals surface area contributed by atoms with Gasteiger partial charge in [-0.15, -0.1) is 11.3 Å². The Morgan fingerprint density at radius 1 is 1.16 bits per heavy atom. The molecule has 0 bridgehead atoms. The highest BCUT2D eigenvalue weighted by atomic mass is 32.1. The second-order valence-corrected chi connectivity index (χ2v) is 6.85. The summed E-state index contributed by atoms with van der Waals surface area (Å²) in [7, 11) is 1.65. The number of methoxy groups -OCH3 is 1. The number of hydrogen-bond donors (Lipinski definition) is 1. The minimum Gasteiger partial charge on any atom is -0.497 e. The van der Waals surface area contributed by atoms with E-state index in [1.807, 2.05) is 61.5 Å². The molecular weight excluding hydrogens is 332 g/mol. The van der Waals surface area contributed by atoms with E-state index in [-0.39, 0.29) is 5.91 Å². The summed E-state index contributed by atoms with van der Waals surface area (Å²) in [5.41, 5.74) is 2.67. The first-order valence-corrected chi connectivity index (χ1v) is 8.93. The molecule has 0 saturated heterocycles. The number of rotatable bonds is 6. The number of aryl methyl sites for hydroxylation is 1. The van der Waals surface area contributed by atoms with Crippen LogP contribution in [0.15, 0.2) is 54.6 Å². The van der Waals surface area contributed by atoms with Gasteiger partial charge in [-0.1, -0.05) is 42.5 Å². The predicted octanol–water partition coefficient (Wildman–Crippen LogP) is 4.10.